The molecule has 1 fully saturated rings. The number of hydrogen-bond acceptors (Lipinski definition) is 3. The predicted octanol–water partition coefficient (Wildman–Crippen LogP) is 2.46. The van der Waals surface area contributed by atoms with E-state index >= 15 is 0 Å². The largest absolute Gasteiger partial charge is 0.377 e. The van der Waals surface area contributed by atoms with Crippen LogP contribution in [0.4, 0.5) is 0 Å². The van der Waals surface area contributed by atoms with Crippen molar-refractivity contribution < 1.29 is 4.74 Å². The Morgan fingerprint density at radius 3 is 2.38 bits per heavy atom. The molecule has 0 saturated heterocycles. The van der Waals surface area contributed by atoms with Gasteiger partial charge in [0.2, 0.25) is 0 Å². The van der Waals surface area contributed by atoms with Gasteiger partial charge >= 0.3 is 0 Å². The second-order valence-corrected chi connectivity index (χ2v) is 6.13. The zero-order valence-corrected chi connectivity index (χ0v) is 11.3. The van der Waals surface area contributed by atoms with E-state index in [2.05, 4.69) is 33.1 Å². The van der Waals surface area contributed by atoms with Gasteiger partial charge in [-0.1, -0.05) is 20.8 Å². The molecule has 0 bridgehead atoms. The highest BCUT2D eigenvalue weighted by Gasteiger charge is 2.37. The predicted molar refractivity (Wildman–Crippen MR) is 67.9 cm³/mol. The molecule has 0 aromatic carbocycles. The van der Waals surface area contributed by atoms with Crippen molar-refractivity contribution in [1.82, 2.24) is 5.43 Å². The third-order valence-electron chi connectivity index (χ3n) is 3.26. The van der Waals surface area contributed by atoms with E-state index in [0.717, 1.165) is 18.9 Å². The van der Waals surface area contributed by atoms with E-state index in [-0.39, 0.29) is 0 Å². The van der Waals surface area contributed by atoms with Crippen molar-refractivity contribution in [3.8, 4) is 0 Å². The zero-order valence-electron chi connectivity index (χ0n) is 11.3. The van der Waals surface area contributed by atoms with Gasteiger partial charge in [0.05, 0.1) is 6.10 Å². The Morgan fingerprint density at radius 1 is 1.38 bits per heavy atom. The van der Waals surface area contributed by atoms with Gasteiger partial charge in [0.15, 0.2) is 0 Å². The van der Waals surface area contributed by atoms with E-state index in [1.54, 1.807) is 0 Å². The van der Waals surface area contributed by atoms with Gasteiger partial charge in [0, 0.05) is 12.6 Å². The number of ether oxygens (including phenoxy) is 1. The van der Waals surface area contributed by atoms with Crippen LogP contribution in [0.2, 0.25) is 0 Å². The minimum absolute atomic E-state index is 0.312. The first-order valence-corrected chi connectivity index (χ1v) is 6.55. The van der Waals surface area contributed by atoms with Crippen molar-refractivity contribution >= 4 is 0 Å². The molecule has 3 heteroatoms. The fourth-order valence-electron chi connectivity index (χ4n) is 2.13. The number of rotatable bonds is 7. The summed E-state index contributed by atoms with van der Waals surface area (Å²) in [7, 11) is 0. The van der Waals surface area contributed by atoms with Crippen LogP contribution in [0.1, 0.15) is 53.4 Å². The maximum atomic E-state index is 5.84. The molecule has 0 heterocycles. The Bertz CT molecular complexity index is 197. The molecule has 3 nitrogen and oxygen atoms in total. The van der Waals surface area contributed by atoms with Crippen LogP contribution in [0.15, 0.2) is 0 Å². The average Bonchev–Trinajstić information content (AvgIpc) is 2.98. The summed E-state index contributed by atoms with van der Waals surface area (Å²) in [6.07, 6.45) is 5.20. The highest BCUT2D eigenvalue weighted by atomic mass is 16.5. The molecule has 1 saturated carbocycles. The van der Waals surface area contributed by atoms with Crippen molar-refractivity contribution in [2.75, 3.05) is 6.61 Å². The van der Waals surface area contributed by atoms with E-state index in [4.69, 9.17) is 10.6 Å². The summed E-state index contributed by atoms with van der Waals surface area (Å²) in [6, 6.07) is 0.312. The lowest BCUT2D eigenvalue weighted by Gasteiger charge is -2.29. The Hall–Kier alpha value is -0.120. The van der Waals surface area contributed by atoms with E-state index < -0.39 is 0 Å². The van der Waals surface area contributed by atoms with Crippen molar-refractivity contribution in [3.63, 3.8) is 0 Å². The first-order valence-electron chi connectivity index (χ1n) is 6.55. The highest BCUT2D eigenvalue weighted by molar-refractivity contribution is 4.90. The smallest absolute Gasteiger partial charge is 0.0769 e. The van der Waals surface area contributed by atoms with Gasteiger partial charge in [-0.05, 0) is 43.9 Å². The van der Waals surface area contributed by atoms with Gasteiger partial charge in [-0.3, -0.25) is 11.3 Å². The Kier molecular flexibility index (Phi) is 5.22. The lowest BCUT2D eigenvalue weighted by atomic mass is 9.87. The van der Waals surface area contributed by atoms with Gasteiger partial charge < -0.3 is 4.74 Å². The van der Waals surface area contributed by atoms with Gasteiger partial charge in [-0.15, -0.1) is 0 Å². The lowest BCUT2D eigenvalue weighted by molar-refractivity contribution is 0.0144. The Balaban J connectivity index is 2.43. The normalized spacial score (nSPS) is 20.8. The molecule has 0 radical (unpaired) electrons. The number of nitrogens with one attached hydrogen (secondary N) is 1. The maximum absolute atomic E-state index is 5.84. The number of hydrogen-bond donors (Lipinski definition) is 2. The molecule has 0 aliphatic heterocycles. The zero-order chi connectivity index (χ0) is 12.2. The van der Waals surface area contributed by atoms with Crippen molar-refractivity contribution in [2.24, 2.45) is 17.2 Å². The molecule has 0 aromatic rings. The first kappa shape index (κ1) is 13.9. The fraction of sp³-hybridized carbons (Fsp3) is 1.00. The van der Waals surface area contributed by atoms with Crippen molar-refractivity contribution in [1.29, 1.82) is 0 Å². The molecule has 1 aliphatic rings. The van der Waals surface area contributed by atoms with Crippen LogP contribution >= 0.6 is 0 Å². The van der Waals surface area contributed by atoms with Crippen LogP contribution in [-0.4, -0.2) is 18.8 Å². The molecule has 0 spiro atoms. The van der Waals surface area contributed by atoms with Crippen molar-refractivity contribution in [3.05, 3.63) is 0 Å². The standard InChI is InChI=1S/C13H28N2O/c1-5-16-12(10-6-7-10)11(15-14)8-9-13(2,3)4/h10-12,15H,5-9,14H2,1-4H3. The number of hydrazine groups is 1. The minimum Gasteiger partial charge on any atom is -0.377 e. The van der Waals surface area contributed by atoms with Crippen LogP contribution < -0.4 is 11.3 Å². The summed E-state index contributed by atoms with van der Waals surface area (Å²) in [5, 5.41) is 0. The molecule has 16 heavy (non-hydrogen) atoms. The molecular weight excluding hydrogens is 200 g/mol. The second-order valence-electron chi connectivity index (χ2n) is 6.13. The lowest BCUT2D eigenvalue weighted by Crippen LogP contribution is -2.46. The summed E-state index contributed by atoms with van der Waals surface area (Å²) in [6.45, 7) is 9.66. The fourth-order valence-corrected chi connectivity index (χ4v) is 2.13. The maximum Gasteiger partial charge on any atom is 0.0769 e. The topological polar surface area (TPSA) is 47.3 Å². The monoisotopic (exact) mass is 228 g/mol. The molecule has 2 atom stereocenters. The third kappa shape index (κ3) is 4.81. The van der Waals surface area contributed by atoms with E-state index in [1.165, 1.54) is 19.3 Å². The summed E-state index contributed by atoms with van der Waals surface area (Å²) in [4.78, 5) is 0. The van der Waals surface area contributed by atoms with Crippen LogP contribution in [0.3, 0.4) is 0 Å². The van der Waals surface area contributed by atoms with Crippen molar-refractivity contribution in [2.45, 2.75) is 65.5 Å². The van der Waals surface area contributed by atoms with Crippen LogP contribution in [-0.2, 0) is 4.74 Å². The third-order valence-corrected chi connectivity index (χ3v) is 3.26. The van der Waals surface area contributed by atoms with E-state index in [1.807, 2.05) is 0 Å². The van der Waals surface area contributed by atoms with E-state index in [0.29, 0.717) is 17.6 Å². The van der Waals surface area contributed by atoms with E-state index in [9.17, 15) is 0 Å². The minimum atomic E-state index is 0.312. The molecule has 96 valence electrons. The molecule has 2 unspecified atom stereocenters. The van der Waals surface area contributed by atoms with Crippen LogP contribution in [0, 0.1) is 11.3 Å². The molecular formula is C13H28N2O. The van der Waals surface area contributed by atoms with Gasteiger partial charge in [-0.25, -0.2) is 0 Å². The highest BCUT2D eigenvalue weighted by Crippen LogP contribution is 2.37. The summed E-state index contributed by atoms with van der Waals surface area (Å²) in [5.74, 6) is 6.41. The van der Waals surface area contributed by atoms with Gasteiger partial charge in [0.1, 0.15) is 0 Å². The van der Waals surface area contributed by atoms with Crippen LogP contribution in [0.5, 0.6) is 0 Å². The van der Waals surface area contributed by atoms with Gasteiger partial charge in [-0.2, -0.15) is 0 Å². The average molecular weight is 228 g/mol. The molecule has 0 amide bonds. The van der Waals surface area contributed by atoms with Gasteiger partial charge in [0.25, 0.3) is 0 Å². The molecule has 3 N–H and O–H groups in total. The summed E-state index contributed by atoms with van der Waals surface area (Å²) >= 11 is 0. The SMILES string of the molecule is CCOC(C1CC1)C(CCC(C)(C)C)NN. The second kappa shape index (κ2) is 5.99. The Morgan fingerprint density at radius 2 is 2.00 bits per heavy atom. The number of nitrogens with two attached hydrogens (primary N) is 1. The molecule has 0 aromatic heterocycles. The quantitative estimate of drug-likeness (QED) is 0.520. The molecule has 1 aliphatic carbocycles. The van der Waals surface area contributed by atoms with Crippen LogP contribution in [0.25, 0.3) is 0 Å². The summed E-state index contributed by atoms with van der Waals surface area (Å²) in [5.41, 5.74) is 3.33. The summed E-state index contributed by atoms with van der Waals surface area (Å²) < 4.78 is 5.84. The molecule has 1 rings (SSSR count). The first-order chi connectivity index (χ1) is 7.48. The Labute approximate surface area is 100 Å².